The predicted molar refractivity (Wildman–Crippen MR) is 96.6 cm³/mol. The van der Waals surface area contributed by atoms with Gasteiger partial charge in [0, 0.05) is 17.8 Å². The van der Waals surface area contributed by atoms with E-state index in [1.807, 2.05) is 6.92 Å². The summed E-state index contributed by atoms with van der Waals surface area (Å²) < 4.78 is 0. The first-order valence-electron chi connectivity index (χ1n) is 6.31. The number of aryl methyl sites for hydroxylation is 1. The van der Waals surface area contributed by atoms with Gasteiger partial charge in [0.05, 0.1) is 6.54 Å². The van der Waals surface area contributed by atoms with Gasteiger partial charge in [0.2, 0.25) is 0 Å². The molecule has 2 aromatic rings. The molecule has 0 bridgehead atoms. The van der Waals surface area contributed by atoms with E-state index in [-0.39, 0.29) is 24.0 Å². The van der Waals surface area contributed by atoms with E-state index in [0.29, 0.717) is 19.0 Å². The molecule has 0 saturated heterocycles. The van der Waals surface area contributed by atoms with Crippen LogP contribution in [0.25, 0.3) is 10.9 Å². The zero-order chi connectivity index (χ0) is 13.8. The topological polar surface area (TPSA) is 66.2 Å². The highest BCUT2D eigenvalue weighted by molar-refractivity contribution is 14.0. The van der Waals surface area contributed by atoms with E-state index < -0.39 is 0 Å². The van der Waals surface area contributed by atoms with Gasteiger partial charge in [-0.2, -0.15) is 0 Å². The van der Waals surface area contributed by atoms with E-state index in [2.05, 4.69) is 53.1 Å². The summed E-state index contributed by atoms with van der Waals surface area (Å²) >= 11 is 0. The maximum Gasteiger partial charge on any atom is 0.189 e. The minimum absolute atomic E-state index is 0. The first-order chi connectivity index (χ1) is 9.04. The summed E-state index contributed by atoms with van der Waals surface area (Å²) in [4.78, 5) is 7.61. The zero-order valence-electron chi connectivity index (χ0n) is 11.9. The Balaban J connectivity index is 0.00000200. The lowest BCUT2D eigenvalue weighted by atomic mass is 10.1. The summed E-state index contributed by atoms with van der Waals surface area (Å²) in [5.74, 6) is 0.452. The molecule has 0 aliphatic rings. The number of aliphatic imine (C=N–C) groups is 1. The Morgan fingerprint density at radius 1 is 1.40 bits per heavy atom. The molecule has 0 fully saturated rings. The van der Waals surface area contributed by atoms with Crippen molar-refractivity contribution in [1.82, 2.24) is 10.3 Å². The number of hydrogen-bond donors (Lipinski definition) is 3. The smallest absolute Gasteiger partial charge is 0.189 e. The third-order valence-electron chi connectivity index (χ3n) is 2.82. The van der Waals surface area contributed by atoms with Crippen LogP contribution in [0.15, 0.2) is 41.4 Å². The fourth-order valence-electron chi connectivity index (χ4n) is 1.90. The number of aromatic nitrogens is 1. The van der Waals surface area contributed by atoms with Crippen molar-refractivity contribution in [3.63, 3.8) is 0 Å². The van der Waals surface area contributed by atoms with Gasteiger partial charge in [0.15, 0.2) is 5.96 Å². The molecule has 0 amide bonds. The molecule has 1 aromatic heterocycles. The number of H-pyrrole nitrogens is 1. The molecule has 0 saturated carbocycles. The van der Waals surface area contributed by atoms with Crippen LogP contribution in [0, 0.1) is 6.92 Å². The van der Waals surface area contributed by atoms with Crippen molar-refractivity contribution in [2.75, 3.05) is 6.54 Å². The van der Waals surface area contributed by atoms with Crippen molar-refractivity contribution in [3.8, 4) is 0 Å². The number of nitrogens with one attached hydrogen (secondary N) is 2. The number of hydrogen-bond acceptors (Lipinski definition) is 1. The first kappa shape index (κ1) is 16.6. The predicted octanol–water partition coefficient (Wildman–Crippen LogP) is 3.07. The summed E-state index contributed by atoms with van der Waals surface area (Å²) in [5.41, 5.74) is 10.3. The maximum absolute atomic E-state index is 5.78. The lowest BCUT2D eigenvalue weighted by molar-refractivity contribution is 0.941. The molecule has 0 radical (unpaired) electrons. The normalized spacial score (nSPS) is 11.2. The molecule has 20 heavy (non-hydrogen) atoms. The molecule has 4 N–H and O–H groups in total. The van der Waals surface area contributed by atoms with E-state index >= 15 is 0 Å². The van der Waals surface area contributed by atoms with Crippen LogP contribution in [-0.2, 0) is 6.54 Å². The summed E-state index contributed by atoms with van der Waals surface area (Å²) in [6, 6.07) is 8.40. The number of nitrogens with zero attached hydrogens (tertiary/aromatic N) is 1. The van der Waals surface area contributed by atoms with Crippen molar-refractivity contribution in [3.05, 3.63) is 47.7 Å². The zero-order valence-corrected chi connectivity index (χ0v) is 14.2. The number of halogens is 1. The Morgan fingerprint density at radius 2 is 2.15 bits per heavy atom. The summed E-state index contributed by atoms with van der Waals surface area (Å²) in [7, 11) is 0. The quantitative estimate of drug-likeness (QED) is 0.328. The van der Waals surface area contributed by atoms with E-state index in [4.69, 9.17) is 5.73 Å². The van der Waals surface area contributed by atoms with Crippen molar-refractivity contribution in [2.24, 2.45) is 10.7 Å². The highest BCUT2D eigenvalue weighted by atomic mass is 127. The van der Waals surface area contributed by atoms with Gasteiger partial charge >= 0.3 is 0 Å². The van der Waals surface area contributed by atoms with Gasteiger partial charge in [-0.3, -0.25) is 0 Å². The lowest BCUT2D eigenvalue weighted by Crippen LogP contribution is -2.32. The van der Waals surface area contributed by atoms with Gasteiger partial charge in [0.1, 0.15) is 0 Å². The van der Waals surface area contributed by atoms with Crippen LogP contribution in [0.1, 0.15) is 18.2 Å². The SMILES string of the molecule is C=C(C)CNC(N)=NCc1ccc2[nH]c(C)cc2c1.I. The van der Waals surface area contributed by atoms with E-state index in [1.54, 1.807) is 0 Å². The van der Waals surface area contributed by atoms with Crippen LogP contribution in [0.4, 0.5) is 0 Å². The number of rotatable bonds is 4. The van der Waals surface area contributed by atoms with E-state index in [9.17, 15) is 0 Å². The minimum atomic E-state index is 0. The van der Waals surface area contributed by atoms with Crippen molar-refractivity contribution < 1.29 is 0 Å². The number of aromatic amines is 1. The Morgan fingerprint density at radius 3 is 2.85 bits per heavy atom. The van der Waals surface area contributed by atoms with Crippen LogP contribution in [0.5, 0.6) is 0 Å². The first-order valence-corrected chi connectivity index (χ1v) is 6.31. The average molecular weight is 384 g/mol. The minimum Gasteiger partial charge on any atom is -0.370 e. The highest BCUT2D eigenvalue weighted by Gasteiger charge is 1.99. The Labute approximate surface area is 136 Å². The third kappa shape index (κ3) is 4.56. The third-order valence-corrected chi connectivity index (χ3v) is 2.82. The summed E-state index contributed by atoms with van der Waals surface area (Å²) in [5, 5.41) is 4.22. The number of fused-ring (bicyclic) bond motifs is 1. The molecule has 0 unspecified atom stereocenters. The van der Waals surface area contributed by atoms with E-state index in [1.165, 1.54) is 11.1 Å². The number of nitrogens with two attached hydrogens (primary N) is 1. The standard InChI is InChI=1S/C15H20N4.HI/c1-10(2)8-17-15(16)18-9-12-4-5-14-13(7-12)6-11(3)19-14;/h4-7,19H,1,8-9H2,2-3H3,(H3,16,17,18);1H. The number of benzene rings is 1. The second-order valence-corrected chi connectivity index (χ2v) is 4.89. The fourth-order valence-corrected chi connectivity index (χ4v) is 1.90. The van der Waals surface area contributed by atoms with Gasteiger partial charge in [-0.05, 0) is 43.0 Å². The lowest BCUT2D eigenvalue weighted by Gasteiger charge is -2.05. The molecule has 0 spiro atoms. The Hall–Kier alpha value is -1.50. The number of guanidine groups is 1. The Bertz CT molecular complexity index is 628. The van der Waals surface area contributed by atoms with Crippen LogP contribution in [0.3, 0.4) is 0 Å². The van der Waals surface area contributed by atoms with Crippen LogP contribution in [0.2, 0.25) is 0 Å². The Kier molecular flexibility index (Phi) is 6.06. The van der Waals surface area contributed by atoms with Gasteiger partial charge in [-0.15, -0.1) is 24.0 Å². The summed E-state index contributed by atoms with van der Waals surface area (Å²) in [6.07, 6.45) is 0. The van der Waals surface area contributed by atoms with Gasteiger partial charge in [-0.1, -0.05) is 18.2 Å². The second kappa shape index (κ2) is 7.33. The monoisotopic (exact) mass is 384 g/mol. The molecule has 4 nitrogen and oxygen atoms in total. The second-order valence-electron chi connectivity index (χ2n) is 4.89. The van der Waals surface area contributed by atoms with Crippen molar-refractivity contribution in [1.29, 1.82) is 0 Å². The average Bonchev–Trinajstić information content (AvgIpc) is 2.73. The van der Waals surface area contributed by atoms with Gasteiger partial charge in [-0.25, -0.2) is 4.99 Å². The molecule has 0 aliphatic carbocycles. The van der Waals surface area contributed by atoms with Gasteiger partial charge in [0.25, 0.3) is 0 Å². The van der Waals surface area contributed by atoms with Gasteiger partial charge < -0.3 is 16.0 Å². The molecular weight excluding hydrogens is 363 g/mol. The molecule has 5 heteroatoms. The molecule has 108 valence electrons. The highest BCUT2D eigenvalue weighted by Crippen LogP contribution is 2.17. The van der Waals surface area contributed by atoms with Crippen molar-refractivity contribution >= 4 is 40.8 Å². The van der Waals surface area contributed by atoms with Crippen LogP contribution < -0.4 is 11.1 Å². The van der Waals surface area contributed by atoms with Crippen LogP contribution >= 0.6 is 24.0 Å². The molecule has 1 aromatic carbocycles. The van der Waals surface area contributed by atoms with Crippen molar-refractivity contribution in [2.45, 2.75) is 20.4 Å². The molecule has 2 rings (SSSR count). The summed E-state index contributed by atoms with van der Waals surface area (Å²) in [6.45, 7) is 9.04. The molecule has 0 atom stereocenters. The van der Waals surface area contributed by atoms with Crippen LogP contribution in [-0.4, -0.2) is 17.5 Å². The fraction of sp³-hybridized carbons (Fsp3) is 0.267. The maximum atomic E-state index is 5.78. The molecular formula is C15H21IN4. The van der Waals surface area contributed by atoms with E-state index in [0.717, 1.165) is 16.7 Å². The largest absolute Gasteiger partial charge is 0.370 e. The molecule has 1 heterocycles. The molecule has 0 aliphatic heterocycles.